The molecular weight excluding hydrogens is 313 g/mol. The lowest BCUT2D eigenvalue weighted by atomic mass is 10.1. The van der Waals surface area contributed by atoms with Crippen LogP contribution < -0.4 is 4.99 Å². The second kappa shape index (κ2) is 5.49. The van der Waals surface area contributed by atoms with Gasteiger partial charge in [0.15, 0.2) is 17.1 Å². The Morgan fingerprint density at radius 1 is 1.36 bits per heavy atom. The van der Waals surface area contributed by atoms with Crippen LogP contribution in [0.1, 0.15) is 12.6 Å². The molecule has 0 radical (unpaired) electrons. The molecule has 9 heteroatoms. The van der Waals surface area contributed by atoms with Gasteiger partial charge >= 0.3 is 7.11 Å². The van der Waals surface area contributed by atoms with Gasteiger partial charge in [-0.25, -0.2) is 4.99 Å². The molecule has 0 bridgehead atoms. The molecule has 2 aliphatic heterocycles. The van der Waals surface area contributed by atoms with E-state index in [-0.39, 0.29) is 21.5 Å². The number of H-pyrrole nitrogens is 1. The van der Waals surface area contributed by atoms with E-state index in [0.29, 0.717) is 11.4 Å². The highest BCUT2D eigenvalue weighted by atomic mass is 32.2. The van der Waals surface area contributed by atoms with Crippen LogP contribution in [0, 0.1) is 0 Å². The average molecular weight is 324 g/mol. The van der Waals surface area contributed by atoms with Crippen LogP contribution in [0.2, 0.25) is 0 Å². The third kappa shape index (κ3) is 2.84. The Morgan fingerprint density at radius 2 is 2.14 bits per heavy atom. The number of carbonyl (C=O) groups is 1. The Bertz CT molecular complexity index is 724. The van der Waals surface area contributed by atoms with E-state index in [4.69, 9.17) is 9.31 Å². The quantitative estimate of drug-likeness (QED) is 0.806. The molecule has 0 spiro atoms. The Labute approximate surface area is 128 Å². The number of thioether (sulfide) groups is 1. The molecule has 114 valence electrons. The number of rotatable bonds is 2. The molecule has 0 saturated carbocycles. The van der Waals surface area contributed by atoms with E-state index < -0.39 is 7.11 Å². The Hall–Kier alpha value is -2.29. The van der Waals surface area contributed by atoms with Crippen molar-refractivity contribution in [3.8, 4) is 0 Å². The zero-order valence-corrected chi connectivity index (χ0v) is 12.2. The fourth-order valence-electron chi connectivity index (χ4n) is 2.06. The Morgan fingerprint density at radius 3 is 2.73 bits per heavy atom. The van der Waals surface area contributed by atoms with Gasteiger partial charge in [-0.2, -0.15) is 0 Å². The maximum Gasteiger partial charge on any atom is 0.726 e. The van der Waals surface area contributed by atoms with Crippen molar-refractivity contribution >= 4 is 36.0 Å². The van der Waals surface area contributed by atoms with Crippen molar-refractivity contribution in [1.82, 2.24) is 4.98 Å². The van der Waals surface area contributed by atoms with Crippen molar-refractivity contribution < 1.29 is 27.7 Å². The summed E-state index contributed by atoms with van der Waals surface area (Å²) in [6, 6.07) is 3.23. The van der Waals surface area contributed by atoms with Crippen LogP contribution in [0.25, 0.3) is 5.76 Å². The standard InChI is InChI=1S/C13H10BF2N2O3S/c1-8(19)22-13-11(9-4-2-6-17-9)20-14(15,16)21-12(13)10-5-3-7-18-10/h2-7,17H,1H3/q-1/p+1/b12-10-. The molecular formula is C13H11BF2N2O3S. The topological polar surface area (TPSA) is 65.3 Å². The van der Waals surface area contributed by atoms with Crippen molar-refractivity contribution in [2.45, 2.75) is 6.92 Å². The number of halogens is 2. The number of aromatic nitrogens is 1. The second-order valence-electron chi connectivity index (χ2n) is 4.52. The molecule has 2 N–H and O–H groups in total. The third-order valence-electron chi connectivity index (χ3n) is 2.85. The van der Waals surface area contributed by atoms with Crippen LogP contribution in [-0.2, 0) is 14.1 Å². The molecule has 0 aromatic carbocycles. The second-order valence-corrected chi connectivity index (χ2v) is 5.71. The predicted molar refractivity (Wildman–Crippen MR) is 79.3 cm³/mol. The molecule has 3 heterocycles. The molecule has 0 saturated heterocycles. The summed E-state index contributed by atoms with van der Waals surface area (Å²) in [5.41, 5.74) is 0.690. The molecule has 1 aromatic heterocycles. The van der Waals surface area contributed by atoms with Gasteiger partial charge in [-0.1, -0.05) is 0 Å². The van der Waals surface area contributed by atoms with E-state index in [1.807, 2.05) is 0 Å². The summed E-state index contributed by atoms with van der Waals surface area (Å²) in [5, 5.41) is -0.270. The van der Waals surface area contributed by atoms with E-state index in [9.17, 15) is 13.4 Å². The monoisotopic (exact) mass is 324 g/mol. The summed E-state index contributed by atoms with van der Waals surface area (Å²) >= 11 is 0.779. The van der Waals surface area contributed by atoms with Gasteiger partial charge in [-0.15, -0.1) is 0 Å². The molecule has 0 fully saturated rings. The molecule has 0 unspecified atom stereocenters. The zero-order valence-electron chi connectivity index (χ0n) is 11.4. The smallest absolute Gasteiger partial charge is 0.625 e. The van der Waals surface area contributed by atoms with Gasteiger partial charge in [0.05, 0.1) is 10.6 Å². The van der Waals surface area contributed by atoms with Crippen LogP contribution in [0.5, 0.6) is 0 Å². The number of hydrogen-bond donors (Lipinski definition) is 2. The van der Waals surface area contributed by atoms with Gasteiger partial charge in [-0.05, 0) is 23.9 Å². The first kappa shape index (κ1) is 14.6. The third-order valence-corrected chi connectivity index (χ3v) is 3.72. The minimum Gasteiger partial charge on any atom is -0.625 e. The fourth-order valence-corrected chi connectivity index (χ4v) is 2.85. The first-order chi connectivity index (χ1) is 10.5. The van der Waals surface area contributed by atoms with E-state index in [1.54, 1.807) is 36.7 Å². The predicted octanol–water partition coefficient (Wildman–Crippen LogP) is 1.32. The highest BCUT2D eigenvalue weighted by Gasteiger charge is 2.43. The fraction of sp³-hybridized carbons (Fsp3) is 0.0769. The molecule has 22 heavy (non-hydrogen) atoms. The summed E-state index contributed by atoms with van der Waals surface area (Å²) in [7, 11) is -4.53. The maximum absolute atomic E-state index is 13.8. The maximum atomic E-state index is 13.8. The average Bonchev–Trinajstić information content (AvgIpc) is 3.11. The van der Waals surface area contributed by atoms with E-state index in [0.717, 1.165) is 11.8 Å². The molecule has 2 aliphatic rings. The van der Waals surface area contributed by atoms with Crippen molar-refractivity contribution in [2.75, 3.05) is 0 Å². The first-order valence-electron chi connectivity index (χ1n) is 6.42. The minimum atomic E-state index is -4.53. The van der Waals surface area contributed by atoms with Crippen molar-refractivity contribution in [3.05, 3.63) is 52.5 Å². The van der Waals surface area contributed by atoms with E-state index in [2.05, 4.69) is 9.98 Å². The van der Waals surface area contributed by atoms with Crippen molar-refractivity contribution in [1.29, 1.82) is 0 Å². The van der Waals surface area contributed by atoms with Crippen LogP contribution in [-0.4, -0.2) is 23.4 Å². The minimum absolute atomic E-state index is 0.106. The largest absolute Gasteiger partial charge is 0.726 e. The van der Waals surface area contributed by atoms with Gasteiger partial charge in [0.1, 0.15) is 5.76 Å². The first-order valence-corrected chi connectivity index (χ1v) is 7.23. The number of aromatic amines is 1. The van der Waals surface area contributed by atoms with Crippen LogP contribution >= 0.6 is 11.8 Å². The normalized spacial score (nSPS) is 22.7. The lowest BCUT2D eigenvalue weighted by Gasteiger charge is -2.36. The Balaban J connectivity index is 2.21. The number of allylic oxidation sites excluding steroid dienone is 2. The highest BCUT2D eigenvalue weighted by molar-refractivity contribution is 8.17. The van der Waals surface area contributed by atoms with Gasteiger partial charge in [0, 0.05) is 25.3 Å². The molecule has 3 rings (SSSR count). The lowest BCUT2D eigenvalue weighted by Crippen LogP contribution is -2.64. The zero-order chi connectivity index (χ0) is 15.7. The molecule has 1 aromatic rings. The summed E-state index contributed by atoms with van der Waals surface area (Å²) in [6.07, 6.45) is 6.39. The number of carbonyl (C=O) groups excluding carboxylic acids is 1. The van der Waals surface area contributed by atoms with Gasteiger partial charge in [-0.3, -0.25) is 4.79 Å². The van der Waals surface area contributed by atoms with Gasteiger partial charge in [0.25, 0.3) is 0 Å². The summed E-state index contributed by atoms with van der Waals surface area (Å²) in [6.45, 7) is 1.34. The van der Waals surface area contributed by atoms with Gasteiger partial charge < -0.3 is 22.9 Å². The van der Waals surface area contributed by atoms with Crippen LogP contribution in [0.15, 0.2) is 46.8 Å². The van der Waals surface area contributed by atoms with Crippen molar-refractivity contribution in [3.63, 3.8) is 0 Å². The van der Waals surface area contributed by atoms with Crippen LogP contribution in [0.3, 0.4) is 0 Å². The summed E-state index contributed by atoms with van der Waals surface area (Å²) in [5.74, 6) is -0.211. The highest BCUT2D eigenvalue weighted by Crippen LogP contribution is 2.42. The number of hydrogen-bond acceptors (Lipinski definition) is 4. The van der Waals surface area contributed by atoms with Crippen LogP contribution in [0.4, 0.5) is 8.63 Å². The number of nitrogens with one attached hydrogen (secondary N) is 2. The molecule has 5 nitrogen and oxygen atoms in total. The van der Waals surface area contributed by atoms with Crippen molar-refractivity contribution in [2.24, 2.45) is 0 Å². The molecule has 0 aliphatic carbocycles. The SMILES string of the molecule is CC(=O)SC1=C(c2ccc[nH]2)O[B-](F)(F)O/C1=C1/C=CC=[NH+]1. The van der Waals surface area contributed by atoms with E-state index in [1.165, 1.54) is 6.92 Å². The molecule has 0 amide bonds. The lowest BCUT2D eigenvalue weighted by molar-refractivity contribution is -0.383. The molecule has 0 atom stereocenters. The summed E-state index contributed by atoms with van der Waals surface area (Å²) < 4.78 is 37.1. The summed E-state index contributed by atoms with van der Waals surface area (Å²) in [4.78, 5) is 17.3. The van der Waals surface area contributed by atoms with E-state index >= 15 is 0 Å². The van der Waals surface area contributed by atoms with Gasteiger partial charge in [0.2, 0.25) is 5.70 Å². The Kier molecular flexibility index (Phi) is 3.65.